The highest BCUT2D eigenvalue weighted by Gasteiger charge is 2.23. The standard InChI is InChI=1S/C26H30N8/c1-16(2)25-21-11-19(18-6-8-33(9-7-18)13-20-12-28-32-31-20)4-5-23(21)30-26(25)22-14-34-24(10-17(22)3)27-15-29-34/h4-5,10-12,14-16,18,30H,6-9,13H2,1-3H3,(H,28,31,32). The Morgan fingerprint density at radius 3 is 2.76 bits per heavy atom. The molecule has 0 radical (unpaired) electrons. The van der Waals surface area contributed by atoms with Crippen LogP contribution in [0.15, 0.2) is 43.0 Å². The number of nitrogens with one attached hydrogen (secondary N) is 2. The fourth-order valence-corrected chi connectivity index (χ4v) is 5.48. The molecule has 5 aromatic rings. The summed E-state index contributed by atoms with van der Waals surface area (Å²) in [7, 11) is 0. The zero-order chi connectivity index (χ0) is 23.2. The van der Waals surface area contributed by atoms with Gasteiger partial charge in [0.25, 0.3) is 0 Å². The first-order valence-electron chi connectivity index (χ1n) is 12.1. The molecule has 1 saturated heterocycles. The topological polar surface area (TPSA) is 90.8 Å². The summed E-state index contributed by atoms with van der Waals surface area (Å²) in [6.45, 7) is 9.80. The third-order valence-electron chi connectivity index (χ3n) is 7.25. The van der Waals surface area contributed by atoms with Crippen molar-refractivity contribution in [1.29, 1.82) is 0 Å². The van der Waals surface area contributed by atoms with Crippen molar-refractivity contribution < 1.29 is 0 Å². The predicted octanol–water partition coefficient (Wildman–Crippen LogP) is 4.81. The molecule has 2 N–H and O–H groups in total. The quantitative estimate of drug-likeness (QED) is 0.398. The summed E-state index contributed by atoms with van der Waals surface area (Å²) < 4.78 is 1.86. The maximum Gasteiger partial charge on any atom is 0.155 e. The normalized spacial score (nSPS) is 15.8. The van der Waals surface area contributed by atoms with Crippen molar-refractivity contribution in [3.8, 4) is 11.3 Å². The van der Waals surface area contributed by atoms with Gasteiger partial charge in [0, 0.05) is 29.2 Å². The number of piperidine rings is 1. The zero-order valence-corrected chi connectivity index (χ0v) is 19.9. The molecular formula is C26H30N8. The van der Waals surface area contributed by atoms with Gasteiger partial charge < -0.3 is 4.98 Å². The molecule has 1 aliphatic rings. The van der Waals surface area contributed by atoms with E-state index in [4.69, 9.17) is 0 Å². The lowest BCUT2D eigenvalue weighted by atomic mass is 9.87. The van der Waals surface area contributed by atoms with Crippen LogP contribution in [-0.2, 0) is 6.54 Å². The number of fused-ring (bicyclic) bond motifs is 2. The van der Waals surface area contributed by atoms with Gasteiger partial charge in [-0.3, -0.25) is 10.00 Å². The fraction of sp³-hybridized carbons (Fsp3) is 0.385. The van der Waals surface area contributed by atoms with Gasteiger partial charge in [-0.2, -0.15) is 5.10 Å². The lowest BCUT2D eigenvalue weighted by Crippen LogP contribution is -2.32. The van der Waals surface area contributed by atoms with E-state index >= 15 is 0 Å². The molecule has 34 heavy (non-hydrogen) atoms. The molecule has 4 aromatic heterocycles. The highest BCUT2D eigenvalue weighted by molar-refractivity contribution is 5.92. The van der Waals surface area contributed by atoms with Gasteiger partial charge in [0.15, 0.2) is 5.65 Å². The summed E-state index contributed by atoms with van der Waals surface area (Å²) in [4.78, 5) is 10.6. The Morgan fingerprint density at radius 1 is 1.15 bits per heavy atom. The highest BCUT2D eigenvalue weighted by Crippen LogP contribution is 2.39. The van der Waals surface area contributed by atoms with E-state index in [1.165, 1.54) is 51.7 Å². The molecule has 174 valence electrons. The van der Waals surface area contributed by atoms with E-state index in [0.717, 1.165) is 31.0 Å². The fourth-order valence-electron chi connectivity index (χ4n) is 5.48. The van der Waals surface area contributed by atoms with E-state index in [2.05, 4.69) is 86.6 Å². The van der Waals surface area contributed by atoms with Gasteiger partial charge in [0.1, 0.15) is 6.33 Å². The van der Waals surface area contributed by atoms with E-state index in [0.29, 0.717) is 11.8 Å². The number of benzene rings is 1. The minimum Gasteiger partial charge on any atom is -0.354 e. The van der Waals surface area contributed by atoms with Crippen LogP contribution in [0.1, 0.15) is 60.9 Å². The van der Waals surface area contributed by atoms with Crippen LogP contribution >= 0.6 is 0 Å². The van der Waals surface area contributed by atoms with Crippen LogP contribution in [0.4, 0.5) is 0 Å². The van der Waals surface area contributed by atoms with Gasteiger partial charge in [-0.05, 0) is 79.6 Å². The van der Waals surface area contributed by atoms with Crippen LogP contribution < -0.4 is 0 Å². The van der Waals surface area contributed by atoms with Crippen molar-refractivity contribution in [3.05, 3.63) is 65.4 Å². The van der Waals surface area contributed by atoms with Crippen LogP contribution in [0.3, 0.4) is 0 Å². The van der Waals surface area contributed by atoms with E-state index in [1.807, 2.05) is 10.7 Å². The molecule has 6 rings (SSSR count). The molecule has 8 heteroatoms. The van der Waals surface area contributed by atoms with Crippen molar-refractivity contribution in [2.24, 2.45) is 0 Å². The molecule has 0 aliphatic carbocycles. The second-order valence-electron chi connectivity index (χ2n) is 9.84. The van der Waals surface area contributed by atoms with Gasteiger partial charge in [-0.25, -0.2) is 9.50 Å². The van der Waals surface area contributed by atoms with E-state index < -0.39 is 0 Å². The van der Waals surface area contributed by atoms with Crippen LogP contribution in [-0.4, -0.2) is 53.0 Å². The van der Waals surface area contributed by atoms with Gasteiger partial charge in [0.2, 0.25) is 0 Å². The summed E-state index contributed by atoms with van der Waals surface area (Å²) in [5, 5.41) is 16.4. The van der Waals surface area contributed by atoms with Crippen LogP contribution in [0.2, 0.25) is 0 Å². The number of hydrogen-bond acceptors (Lipinski definition) is 5. The first-order chi connectivity index (χ1) is 16.6. The average molecular weight is 455 g/mol. The van der Waals surface area contributed by atoms with Crippen LogP contribution in [0.25, 0.3) is 27.8 Å². The number of pyridine rings is 1. The minimum absolute atomic E-state index is 0.398. The average Bonchev–Trinajstić information content (AvgIpc) is 3.58. The number of aryl methyl sites for hydroxylation is 1. The smallest absolute Gasteiger partial charge is 0.155 e. The number of likely N-dealkylation sites (tertiary alicyclic amines) is 1. The Balaban J connectivity index is 1.32. The Bertz CT molecular complexity index is 1430. The van der Waals surface area contributed by atoms with E-state index in [-0.39, 0.29) is 0 Å². The molecule has 0 saturated carbocycles. The first-order valence-corrected chi connectivity index (χ1v) is 12.1. The molecule has 8 nitrogen and oxygen atoms in total. The zero-order valence-electron chi connectivity index (χ0n) is 19.9. The second kappa shape index (κ2) is 8.36. The third-order valence-corrected chi connectivity index (χ3v) is 7.25. The Kier molecular flexibility index (Phi) is 5.17. The second-order valence-corrected chi connectivity index (χ2v) is 9.84. The molecular weight excluding hydrogens is 424 g/mol. The number of rotatable bonds is 5. The van der Waals surface area contributed by atoms with E-state index in [1.54, 1.807) is 6.33 Å². The summed E-state index contributed by atoms with van der Waals surface area (Å²) in [6.07, 6.45) is 7.86. The number of aromatic amines is 2. The Labute approximate surface area is 198 Å². The minimum atomic E-state index is 0.398. The van der Waals surface area contributed by atoms with Crippen LogP contribution in [0, 0.1) is 6.92 Å². The number of nitrogens with zero attached hydrogens (tertiary/aromatic N) is 6. The third kappa shape index (κ3) is 3.68. The predicted molar refractivity (Wildman–Crippen MR) is 133 cm³/mol. The molecule has 0 amide bonds. The van der Waals surface area contributed by atoms with Crippen LogP contribution in [0.5, 0.6) is 0 Å². The molecule has 0 bridgehead atoms. The Morgan fingerprint density at radius 2 is 2.00 bits per heavy atom. The molecule has 0 unspecified atom stereocenters. The number of hydrogen-bond donors (Lipinski definition) is 2. The van der Waals surface area contributed by atoms with Gasteiger partial charge >= 0.3 is 0 Å². The lowest BCUT2D eigenvalue weighted by molar-refractivity contribution is 0.202. The summed E-state index contributed by atoms with van der Waals surface area (Å²) in [5.74, 6) is 0.988. The Hall–Kier alpha value is -3.52. The van der Waals surface area contributed by atoms with Crippen molar-refractivity contribution in [1.82, 2.24) is 39.9 Å². The monoisotopic (exact) mass is 454 g/mol. The largest absolute Gasteiger partial charge is 0.354 e. The number of H-pyrrole nitrogens is 2. The highest BCUT2D eigenvalue weighted by atomic mass is 15.3. The first kappa shape index (κ1) is 21.0. The van der Waals surface area contributed by atoms with Crippen molar-refractivity contribution >= 4 is 16.6 Å². The molecule has 5 heterocycles. The molecule has 0 spiro atoms. The van der Waals surface area contributed by atoms with Gasteiger partial charge in [-0.1, -0.05) is 25.1 Å². The van der Waals surface area contributed by atoms with Crippen molar-refractivity contribution in [3.63, 3.8) is 0 Å². The number of aromatic nitrogens is 7. The van der Waals surface area contributed by atoms with Crippen molar-refractivity contribution in [2.75, 3.05) is 13.1 Å². The van der Waals surface area contributed by atoms with E-state index in [9.17, 15) is 0 Å². The lowest BCUT2D eigenvalue weighted by Gasteiger charge is -2.31. The maximum absolute atomic E-state index is 4.36. The molecule has 1 fully saturated rings. The summed E-state index contributed by atoms with van der Waals surface area (Å²) >= 11 is 0. The SMILES string of the molecule is Cc1cc2ncnn2cc1-c1[nH]c2ccc(C3CCN(Cc4cnn[nH]4)CC3)cc2c1C(C)C. The molecule has 1 aliphatic heterocycles. The van der Waals surface area contributed by atoms with Gasteiger partial charge in [0.05, 0.1) is 17.6 Å². The molecule has 1 aromatic carbocycles. The van der Waals surface area contributed by atoms with Gasteiger partial charge in [-0.15, -0.1) is 5.10 Å². The summed E-state index contributed by atoms with van der Waals surface area (Å²) in [5.41, 5.74) is 9.57. The summed E-state index contributed by atoms with van der Waals surface area (Å²) in [6, 6.07) is 9.13. The molecule has 0 atom stereocenters. The van der Waals surface area contributed by atoms with Crippen molar-refractivity contribution in [2.45, 2.75) is 52.0 Å². The maximum atomic E-state index is 4.36.